The highest BCUT2D eigenvalue weighted by Gasteiger charge is 2.20. The first-order valence-corrected chi connectivity index (χ1v) is 9.38. The molecule has 2 rings (SSSR count). The molecule has 0 aromatic carbocycles. The van der Waals surface area contributed by atoms with Crippen molar-refractivity contribution in [3.8, 4) is 0 Å². The Bertz CT molecular complexity index is 725. The first kappa shape index (κ1) is 19.5. The monoisotopic (exact) mass is 366 g/mol. The summed E-state index contributed by atoms with van der Waals surface area (Å²) >= 11 is 1.48. The summed E-state index contributed by atoms with van der Waals surface area (Å²) in [6.07, 6.45) is 3.69. The molecule has 1 amide bonds. The van der Waals surface area contributed by atoms with Gasteiger partial charge in [0.2, 0.25) is 5.91 Å². The Kier molecular flexibility index (Phi) is 6.60. The molecule has 2 aromatic rings. The van der Waals surface area contributed by atoms with Crippen molar-refractivity contribution in [1.29, 1.82) is 0 Å². The van der Waals surface area contributed by atoms with Crippen LogP contribution in [0.4, 0.5) is 5.82 Å². The van der Waals surface area contributed by atoms with Crippen molar-refractivity contribution in [3.63, 3.8) is 0 Å². The maximum absolute atomic E-state index is 12.0. The minimum atomic E-state index is -0.404. The van der Waals surface area contributed by atoms with Crippen LogP contribution in [-0.2, 0) is 16.1 Å². The summed E-state index contributed by atoms with van der Waals surface area (Å²) in [5.74, 6) is 0.765. The van der Waals surface area contributed by atoms with E-state index in [0.29, 0.717) is 31.4 Å². The fraction of sp³-hybridized carbons (Fsp3) is 0.625. The zero-order valence-electron chi connectivity index (χ0n) is 15.4. The highest BCUT2D eigenvalue weighted by Crippen LogP contribution is 2.23. The molecule has 138 valence electrons. The number of nitrogens with one attached hydrogen (secondary N) is 2. The van der Waals surface area contributed by atoms with E-state index in [2.05, 4.69) is 25.7 Å². The van der Waals surface area contributed by atoms with E-state index >= 15 is 0 Å². The van der Waals surface area contributed by atoms with Crippen LogP contribution in [0.25, 0.3) is 11.0 Å². The molecule has 0 aliphatic heterocycles. The number of carbonyl (C=O) groups excluding carboxylic acids is 1. The lowest BCUT2D eigenvalue weighted by Crippen LogP contribution is -2.36. The van der Waals surface area contributed by atoms with E-state index in [9.17, 15) is 4.79 Å². The van der Waals surface area contributed by atoms with Crippen LogP contribution in [0.1, 0.15) is 20.8 Å². The van der Waals surface area contributed by atoms with Crippen LogP contribution in [0.15, 0.2) is 11.4 Å². The van der Waals surface area contributed by atoms with Gasteiger partial charge in [-0.1, -0.05) is 32.5 Å². The summed E-state index contributed by atoms with van der Waals surface area (Å²) < 4.78 is 6.86. The van der Waals surface area contributed by atoms with Crippen LogP contribution in [0.5, 0.6) is 0 Å². The maximum atomic E-state index is 12.0. The minimum absolute atomic E-state index is 0.0188. The second-order valence-corrected chi connectivity index (χ2v) is 7.36. The highest BCUT2D eigenvalue weighted by atomic mass is 32.2. The maximum Gasteiger partial charge on any atom is 0.225 e. The molecule has 2 heterocycles. The largest absolute Gasteiger partial charge is 0.383 e. The van der Waals surface area contributed by atoms with Crippen molar-refractivity contribution in [2.45, 2.75) is 32.5 Å². The Morgan fingerprint density at radius 3 is 2.72 bits per heavy atom. The molecule has 0 aliphatic carbocycles. The van der Waals surface area contributed by atoms with E-state index in [1.165, 1.54) is 11.8 Å². The van der Waals surface area contributed by atoms with Crippen molar-refractivity contribution in [3.05, 3.63) is 6.20 Å². The molecule has 25 heavy (non-hydrogen) atoms. The van der Waals surface area contributed by atoms with Gasteiger partial charge in [0.05, 0.1) is 24.7 Å². The van der Waals surface area contributed by atoms with E-state index in [1.54, 1.807) is 18.0 Å². The molecule has 9 heteroatoms. The molecule has 0 saturated heterocycles. The predicted octanol–water partition coefficient (Wildman–Crippen LogP) is 1.77. The van der Waals surface area contributed by atoms with E-state index < -0.39 is 5.41 Å². The smallest absolute Gasteiger partial charge is 0.225 e. The second-order valence-electron chi connectivity index (χ2n) is 6.59. The van der Waals surface area contributed by atoms with Gasteiger partial charge in [0.25, 0.3) is 0 Å². The lowest BCUT2D eigenvalue weighted by atomic mass is 9.96. The lowest BCUT2D eigenvalue weighted by molar-refractivity contribution is -0.128. The van der Waals surface area contributed by atoms with Crippen LogP contribution < -0.4 is 10.6 Å². The molecule has 0 bridgehead atoms. The Balaban J connectivity index is 2.15. The summed E-state index contributed by atoms with van der Waals surface area (Å²) in [4.78, 5) is 21.0. The molecule has 8 nitrogen and oxygen atoms in total. The quantitative estimate of drug-likeness (QED) is 0.418. The number of fused-ring (bicyclic) bond motifs is 1. The van der Waals surface area contributed by atoms with Gasteiger partial charge >= 0.3 is 0 Å². The molecule has 2 aromatic heterocycles. The molecular weight excluding hydrogens is 340 g/mol. The van der Waals surface area contributed by atoms with Gasteiger partial charge in [-0.15, -0.1) is 0 Å². The van der Waals surface area contributed by atoms with Crippen molar-refractivity contribution in [2.75, 3.05) is 38.4 Å². The summed E-state index contributed by atoms with van der Waals surface area (Å²) in [6.45, 7) is 7.96. The fourth-order valence-electron chi connectivity index (χ4n) is 2.14. The topological polar surface area (TPSA) is 94.0 Å². The number of anilines is 1. The van der Waals surface area contributed by atoms with Crippen LogP contribution in [-0.4, -0.2) is 58.7 Å². The number of thioether (sulfide) groups is 1. The lowest BCUT2D eigenvalue weighted by Gasteiger charge is -2.17. The summed E-state index contributed by atoms with van der Waals surface area (Å²) in [6, 6.07) is 0. The molecule has 0 saturated carbocycles. The SMILES string of the molecule is COCCNc1nc(SC)nc2c1cnn2CCNC(=O)C(C)(C)C. The number of hydrogen-bond acceptors (Lipinski definition) is 7. The van der Waals surface area contributed by atoms with Crippen LogP contribution in [0.3, 0.4) is 0 Å². The van der Waals surface area contributed by atoms with Gasteiger partial charge in [0, 0.05) is 25.6 Å². The summed E-state index contributed by atoms with van der Waals surface area (Å²) in [5, 5.41) is 12.1. The number of ether oxygens (including phenoxy) is 1. The van der Waals surface area contributed by atoms with E-state index in [1.807, 2.05) is 27.0 Å². The number of hydrogen-bond donors (Lipinski definition) is 2. The van der Waals surface area contributed by atoms with Gasteiger partial charge in [-0.2, -0.15) is 5.10 Å². The van der Waals surface area contributed by atoms with E-state index in [0.717, 1.165) is 16.9 Å². The molecule has 0 fully saturated rings. The average Bonchev–Trinajstić information content (AvgIpc) is 2.97. The average molecular weight is 366 g/mol. The summed E-state index contributed by atoms with van der Waals surface area (Å²) in [7, 11) is 1.66. The number of methoxy groups -OCH3 is 1. The Labute approximate surface area is 152 Å². The van der Waals surface area contributed by atoms with E-state index in [4.69, 9.17) is 4.74 Å². The normalized spacial score (nSPS) is 11.7. The number of aromatic nitrogens is 4. The van der Waals surface area contributed by atoms with Gasteiger partial charge in [-0.05, 0) is 6.26 Å². The molecular formula is C16H26N6O2S. The molecule has 0 aliphatic rings. The number of amides is 1. The first-order chi connectivity index (χ1) is 11.9. The Hall–Kier alpha value is -1.87. The van der Waals surface area contributed by atoms with Crippen molar-refractivity contribution in [2.24, 2.45) is 5.41 Å². The Morgan fingerprint density at radius 2 is 2.08 bits per heavy atom. The highest BCUT2D eigenvalue weighted by molar-refractivity contribution is 7.98. The zero-order valence-corrected chi connectivity index (χ0v) is 16.2. The third-order valence-corrected chi connectivity index (χ3v) is 4.10. The van der Waals surface area contributed by atoms with Crippen LogP contribution in [0, 0.1) is 5.41 Å². The molecule has 0 unspecified atom stereocenters. The van der Waals surface area contributed by atoms with Crippen LogP contribution >= 0.6 is 11.8 Å². The third kappa shape index (κ3) is 5.05. The Morgan fingerprint density at radius 1 is 1.32 bits per heavy atom. The standard InChI is InChI=1S/C16H26N6O2S/c1-16(2,3)14(23)18-6-8-22-13-11(10-19-22)12(17-7-9-24-4)20-15(21-13)25-5/h10H,6-9H2,1-5H3,(H,18,23)(H,17,20,21). The molecule has 2 N–H and O–H groups in total. The van der Waals surface area contributed by atoms with Gasteiger partial charge in [-0.3, -0.25) is 4.79 Å². The van der Waals surface area contributed by atoms with Crippen molar-refractivity contribution in [1.82, 2.24) is 25.1 Å². The second kappa shape index (κ2) is 8.48. The van der Waals surface area contributed by atoms with Crippen molar-refractivity contribution < 1.29 is 9.53 Å². The van der Waals surface area contributed by atoms with Crippen LogP contribution in [0.2, 0.25) is 0 Å². The van der Waals surface area contributed by atoms with E-state index in [-0.39, 0.29) is 5.91 Å². The first-order valence-electron chi connectivity index (χ1n) is 8.15. The van der Waals surface area contributed by atoms with Gasteiger partial charge in [0.15, 0.2) is 10.8 Å². The molecule has 0 spiro atoms. The number of rotatable bonds is 8. The van der Waals surface area contributed by atoms with Gasteiger partial charge < -0.3 is 15.4 Å². The predicted molar refractivity (Wildman–Crippen MR) is 99.9 cm³/mol. The minimum Gasteiger partial charge on any atom is -0.383 e. The zero-order chi connectivity index (χ0) is 18.4. The number of nitrogens with zero attached hydrogens (tertiary/aromatic N) is 4. The molecule has 0 radical (unpaired) electrons. The summed E-state index contributed by atoms with van der Waals surface area (Å²) in [5.41, 5.74) is 0.350. The van der Waals surface area contributed by atoms with Gasteiger partial charge in [0.1, 0.15) is 5.82 Å². The van der Waals surface area contributed by atoms with Crippen molar-refractivity contribution >= 4 is 34.5 Å². The fourth-order valence-corrected chi connectivity index (χ4v) is 2.50. The number of carbonyl (C=O) groups is 1. The van der Waals surface area contributed by atoms with Gasteiger partial charge in [-0.25, -0.2) is 14.6 Å². The molecule has 0 atom stereocenters. The third-order valence-electron chi connectivity index (χ3n) is 3.55.